The summed E-state index contributed by atoms with van der Waals surface area (Å²) in [5.41, 5.74) is 0. The third kappa shape index (κ3) is 1.34. The van der Waals surface area contributed by atoms with Crippen LogP contribution in [0.3, 0.4) is 0 Å². The van der Waals surface area contributed by atoms with Crippen molar-refractivity contribution in [2.45, 2.75) is 31.7 Å². The van der Waals surface area contributed by atoms with E-state index in [2.05, 4.69) is 24.5 Å². The van der Waals surface area contributed by atoms with Crippen LogP contribution in [-0.2, 0) is 0 Å². The molecular weight excluding hydrogens is 134 g/mol. The number of rotatable bonds is 1. The molecule has 0 aliphatic heterocycles. The zero-order valence-electron chi connectivity index (χ0n) is 7.22. The van der Waals surface area contributed by atoms with E-state index in [0.717, 1.165) is 17.9 Å². The minimum absolute atomic E-state index is 0.802. The van der Waals surface area contributed by atoms with Crippen LogP contribution < -0.4 is 5.32 Å². The van der Waals surface area contributed by atoms with Gasteiger partial charge in [-0.1, -0.05) is 12.2 Å². The van der Waals surface area contributed by atoms with Crippen molar-refractivity contribution in [2.75, 3.05) is 7.05 Å². The van der Waals surface area contributed by atoms with Gasteiger partial charge in [0.25, 0.3) is 0 Å². The monoisotopic (exact) mass is 151 g/mol. The van der Waals surface area contributed by atoms with Crippen LogP contribution in [0.5, 0.6) is 0 Å². The average Bonchev–Trinajstić information content (AvgIpc) is 2.06. The molecule has 1 saturated carbocycles. The van der Waals surface area contributed by atoms with Crippen LogP contribution in [-0.4, -0.2) is 13.1 Å². The third-order valence-corrected chi connectivity index (χ3v) is 3.24. The van der Waals surface area contributed by atoms with Gasteiger partial charge in [-0.05, 0) is 44.6 Å². The molecule has 0 spiro atoms. The molecule has 1 fully saturated rings. The van der Waals surface area contributed by atoms with Gasteiger partial charge >= 0.3 is 0 Å². The molecule has 62 valence electrons. The molecule has 2 aliphatic rings. The molecule has 2 bridgehead atoms. The summed E-state index contributed by atoms with van der Waals surface area (Å²) in [6, 6.07) is 0.802. The van der Waals surface area contributed by atoms with Gasteiger partial charge in [0.15, 0.2) is 0 Å². The van der Waals surface area contributed by atoms with E-state index in [1.54, 1.807) is 0 Å². The second-order valence-electron chi connectivity index (χ2n) is 3.89. The fourth-order valence-corrected chi connectivity index (χ4v) is 2.56. The lowest BCUT2D eigenvalue weighted by Gasteiger charge is -2.37. The molecule has 2 rings (SSSR count). The highest BCUT2D eigenvalue weighted by atomic mass is 14.9. The molecule has 0 saturated heterocycles. The van der Waals surface area contributed by atoms with Crippen molar-refractivity contribution in [1.82, 2.24) is 5.32 Å². The minimum atomic E-state index is 0.802. The second kappa shape index (κ2) is 2.98. The van der Waals surface area contributed by atoms with Gasteiger partial charge in [-0.3, -0.25) is 0 Å². The van der Waals surface area contributed by atoms with Gasteiger partial charge < -0.3 is 5.32 Å². The maximum absolute atomic E-state index is 3.43. The molecule has 0 aromatic rings. The smallest absolute Gasteiger partial charge is 0.00957 e. The Balaban J connectivity index is 2.05. The van der Waals surface area contributed by atoms with Crippen molar-refractivity contribution < 1.29 is 0 Å². The Labute approximate surface area is 68.9 Å². The zero-order chi connectivity index (χ0) is 7.68. The van der Waals surface area contributed by atoms with Crippen molar-refractivity contribution in [2.24, 2.45) is 11.8 Å². The van der Waals surface area contributed by atoms with Crippen molar-refractivity contribution in [3.63, 3.8) is 0 Å². The Morgan fingerprint density at radius 1 is 1.36 bits per heavy atom. The fourth-order valence-electron chi connectivity index (χ4n) is 2.56. The Morgan fingerprint density at radius 3 is 3.09 bits per heavy atom. The highest BCUT2D eigenvalue weighted by Crippen LogP contribution is 2.35. The molecule has 1 nitrogen and oxygen atoms in total. The molecule has 11 heavy (non-hydrogen) atoms. The van der Waals surface area contributed by atoms with Crippen molar-refractivity contribution >= 4 is 0 Å². The van der Waals surface area contributed by atoms with Crippen LogP contribution in [0.25, 0.3) is 0 Å². The first-order chi connectivity index (χ1) is 5.40. The first-order valence-electron chi connectivity index (χ1n) is 4.74. The summed E-state index contributed by atoms with van der Waals surface area (Å²) in [6.07, 6.45) is 10.3. The van der Waals surface area contributed by atoms with Gasteiger partial charge in [-0.25, -0.2) is 0 Å². The van der Waals surface area contributed by atoms with Gasteiger partial charge in [0, 0.05) is 6.04 Å². The van der Waals surface area contributed by atoms with Crippen LogP contribution in [0.4, 0.5) is 0 Å². The van der Waals surface area contributed by atoms with E-state index < -0.39 is 0 Å². The standard InChI is InChI=1S/C10H17N/c1-11-10-6-5-8-3-2-4-9(10)7-8/h2-3,8-11H,4-7H2,1H3. The van der Waals surface area contributed by atoms with E-state index >= 15 is 0 Å². The van der Waals surface area contributed by atoms with Gasteiger partial charge in [0.2, 0.25) is 0 Å². The highest BCUT2D eigenvalue weighted by Gasteiger charge is 2.29. The van der Waals surface area contributed by atoms with Crippen LogP contribution in [0.1, 0.15) is 25.7 Å². The molecule has 3 atom stereocenters. The van der Waals surface area contributed by atoms with Crippen molar-refractivity contribution in [3.05, 3.63) is 12.2 Å². The van der Waals surface area contributed by atoms with Gasteiger partial charge in [-0.15, -0.1) is 0 Å². The molecule has 0 aromatic heterocycles. The van der Waals surface area contributed by atoms with Crippen LogP contribution >= 0.6 is 0 Å². The predicted molar refractivity (Wildman–Crippen MR) is 47.4 cm³/mol. The topological polar surface area (TPSA) is 12.0 Å². The quantitative estimate of drug-likeness (QED) is 0.565. The zero-order valence-corrected chi connectivity index (χ0v) is 7.22. The van der Waals surface area contributed by atoms with E-state index in [9.17, 15) is 0 Å². The highest BCUT2D eigenvalue weighted by molar-refractivity contribution is 5.02. The Morgan fingerprint density at radius 2 is 2.27 bits per heavy atom. The first kappa shape index (κ1) is 7.35. The summed E-state index contributed by atoms with van der Waals surface area (Å²) in [5.74, 6) is 1.85. The van der Waals surface area contributed by atoms with Crippen LogP contribution in [0.2, 0.25) is 0 Å². The molecule has 1 heteroatoms. The summed E-state index contributed by atoms with van der Waals surface area (Å²) in [7, 11) is 2.10. The van der Waals surface area contributed by atoms with Crippen molar-refractivity contribution in [3.8, 4) is 0 Å². The van der Waals surface area contributed by atoms with E-state index in [0.29, 0.717) is 0 Å². The summed E-state index contributed by atoms with van der Waals surface area (Å²) < 4.78 is 0. The lowest BCUT2D eigenvalue weighted by Crippen LogP contribution is -2.39. The predicted octanol–water partition coefficient (Wildman–Crippen LogP) is 1.95. The van der Waals surface area contributed by atoms with Crippen LogP contribution in [0.15, 0.2) is 12.2 Å². The molecule has 0 radical (unpaired) electrons. The molecule has 3 unspecified atom stereocenters. The number of allylic oxidation sites excluding steroid dienone is 2. The molecule has 0 aromatic carbocycles. The summed E-state index contributed by atoms with van der Waals surface area (Å²) in [5, 5.41) is 3.43. The summed E-state index contributed by atoms with van der Waals surface area (Å²) >= 11 is 0. The van der Waals surface area contributed by atoms with E-state index in [1.165, 1.54) is 25.7 Å². The minimum Gasteiger partial charge on any atom is -0.317 e. The Hall–Kier alpha value is -0.300. The normalized spacial score (nSPS) is 42.5. The van der Waals surface area contributed by atoms with Gasteiger partial charge in [-0.2, -0.15) is 0 Å². The lowest BCUT2D eigenvalue weighted by atomic mass is 9.73. The Bertz CT molecular complexity index is 162. The molecular formula is C10H17N. The largest absolute Gasteiger partial charge is 0.317 e. The van der Waals surface area contributed by atoms with E-state index in [1.807, 2.05) is 0 Å². The molecule has 1 N–H and O–H groups in total. The van der Waals surface area contributed by atoms with E-state index in [-0.39, 0.29) is 0 Å². The second-order valence-corrected chi connectivity index (χ2v) is 3.89. The number of nitrogens with one attached hydrogen (secondary N) is 1. The third-order valence-electron chi connectivity index (χ3n) is 3.24. The number of hydrogen-bond donors (Lipinski definition) is 1. The first-order valence-corrected chi connectivity index (χ1v) is 4.74. The van der Waals surface area contributed by atoms with Crippen molar-refractivity contribution in [1.29, 1.82) is 0 Å². The number of fused-ring (bicyclic) bond motifs is 2. The lowest BCUT2D eigenvalue weighted by molar-refractivity contribution is 0.227. The fraction of sp³-hybridized carbons (Fsp3) is 0.800. The summed E-state index contributed by atoms with van der Waals surface area (Å²) in [4.78, 5) is 0. The van der Waals surface area contributed by atoms with Gasteiger partial charge in [0.05, 0.1) is 0 Å². The Kier molecular flexibility index (Phi) is 1.99. The SMILES string of the molecule is CNC1CCC2C=CCC1C2. The number of hydrogen-bond acceptors (Lipinski definition) is 1. The maximum atomic E-state index is 3.43. The van der Waals surface area contributed by atoms with Gasteiger partial charge in [0.1, 0.15) is 0 Å². The summed E-state index contributed by atoms with van der Waals surface area (Å²) in [6.45, 7) is 0. The molecule has 0 heterocycles. The average molecular weight is 151 g/mol. The van der Waals surface area contributed by atoms with Crippen LogP contribution in [0, 0.1) is 11.8 Å². The maximum Gasteiger partial charge on any atom is 0.00957 e. The van der Waals surface area contributed by atoms with E-state index in [4.69, 9.17) is 0 Å². The molecule has 2 aliphatic carbocycles. The molecule has 0 amide bonds.